The Morgan fingerprint density at radius 1 is 0.891 bits per heavy atom. The summed E-state index contributed by atoms with van der Waals surface area (Å²) in [6, 6.07) is 38.1. The SMILES string of the molecule is Cc1c(NC(=O)/C(C#N)=C\c2cn(-c3ccccc3)nc2-c2ccc(OCc3ccccc3)cc2)c(=O)n(-c2ccccc2)n1C. The van der Waals surface area contributed by atoms with E-state index >= 15 is 0 Å². The first kappa shape index (κ1) is 29.7. The zero-order valence-electron chi connectivity index (χ0n) is 25.3. The fraction of sp³-hybridized carbons (Fsp3) is 0.0811. The van der Waals surface area contributed by atoms with Gasteiger partial charge in [0.2, 0.25) is 0 Å². The van der Waals surface area contributed by atoms with Crippen LogP contribution in [0.3, 0.4) is 0 Å². The molecule has 9 nitrogen and oxygen atoms in total. The molecule has 46 heavy (non-hydrogen) atoms. The number of anilines is 1. The minimum Gasteiger partial charge on any atom is -0.489 e. The van der Waals surface area contributed by atoms with Gasteiger partial charge in [-0.1, -0.05) is 66.7 Å². The lowest BCUT2D eigenvalue weighted by molar-refractivity contribution is -0.112. The van der Waals surface area contributed by atoms with Crippen molar-refractivity contribution in [3.05, 3.63) is 154 Å². The molecular formula is C37H30N6O3. The number of nitrogens with zero attached hydrogens (tertiary/aromatic N) is 5. The molecule has 4 aromatic carbocycles. The average molecular weight is 607 g/mol. The molecule has 0 spiro atoms. The summed E-state index contributed by atoms with van der Waals surface area (Å²) in [7, 11) is 1.74. The Hall–Kier alpha value is -6.40. The minimum absolute atomic E-state index is 0.101. The number of nitriles is 1. The van der Waals surface area contributed by atoms with E-state index in [0.29, 0.717) is 35.0 Å². The molecule has 0 atom stereocenters. The smallest absolute Gasteiger partial charge is 0.295 e. The van der Waals surface area contributed by atoms with Crippen LogP contribution in [0.4, 0.5) is 5.69 Å². The Bertz CT molecular complexity index is 2120. The molecular weight excluding hydrogens is 576 g/mol. The van der Waals surface area contributed by atoms with Crippen LogP contribution >= 0.6 is 0 Å². The number of benzene rings is 4. The summed E-state index contributed by atoms with van der Waals surface area (Å²) in [5, 5.41) is 17.6. The molecule has 9 heteroatoms. The van der Waals surface area contributed by atoms with E-state index in [1.54, 1.807) is 41.7 Å². The summed E-state index contributed by atoms with van der Waals surface area (Å²) >= 11 is 0. The number of carbonyl (C=O) groups excluding carboxylic acids is 1. The van der Waals surface area contributed by atoms with Gasteiger partial charge in [-0.15, -0.1) is 0 Å². The van der Waals surface area contributed by atoms with Gasteiger partial charge in [-0.3, -0.25) is 14.3 Å². The zero-order chi connectivity index (χ0) is 32.0. The molecule has 6 aromatic rings. The van der Waals surface area contributed by atoms with E-state index in [1.807, 2.05) is 109 Å². The van der Waals surface area contributed by atoms with Crippen LogP contribution in [-0.2, 0) is 18.4 Å². The average Bonchev–Trinajstić information content (AvgIpc) is 3.61. The Balaban J connectivity index is 1.32. The fourth-order valence-corrected chi connectivity index (χ4v) is 5.08. The van der Waals surface area contributed by atoms with Crippen LogP contribution in [0.25, 0.3) is 28.7 Å². The van der Waals surface area contributed by atoms with Gasteiger partial charge in [0.25, 0.3) is 11.5 Å². The number of ether oxygens (including phenoxy) is 1. The van der Waals surface area contributed by atoms with Crippen LogP contribution in [0.2, 0.25) is 0 Å². The Morgan fingerprint density at radius 3 is 2.13 bits per heavy atom. The largest absolute Gasteiger partial charge is 0.489 e. The summed E-state index contributed by atoms with van der Waals surface area (Å²) in [6.45, 7) is 2.18. The van der Waals surface area contributed by atoms with Gasteiger partial charge in [0.15, 0.2) is 0 Å². The number of para-hydroxylation sites is 2. The van der Waals surface area contributed by atoms with E-state index in [2.05, 4.69) is 5.32 Å². The van der Waals surface area contributed by atoms with Crippen LogP contribution < -0.4 is 15.6 Å². The van der Waals surface area contributed by atoms with Gasteiger partial charge in [-0.2, -0.15) is 10.4 Å². The van der Waals surface area contributed by atoms with Crippen molar-refractivity contribution in [1.29, 1.82) is 5.26 Å². The highest BCUT2D eigenvalue weighted by atomic mass is 16.5. The third kappa shape index (κ3) is 6.14. The maximum Gasteiger partial charge on any atom is 0.295 e. The zero-order valence-corrected chi connectivity index (χ0v) is 25.3. The molecule has 0 aliphatic rings. The maximum atomic E-state index is 13.5. The van der Waals surface area contributed by atoms with Gasteiger partial charge >= 0.3 is 0 Å². The van der Waals surface area contributed by atoms with E-state index in [9.17, 15) is 14.9 Å². The highest BCUT2D eigenvalue weighted by molar-refractivity contribution is 6.10. The first-order chi connectivity index (χ1) is 22.4. The molecule has 0 aliphatic heterocycles. The molecule has 0 aliphatic carbocycles. The van der Waals surface area contributed by atoms with Crippen molar-refractivity contribution in [3.63, 3.8) is 0 Å². The third-order valence-corrected chi connectivity index (χ3v) is 7.60. The van der Waals surface area contributed by atoms with Crippen LogP contribution in [0.5, 0.6) is 5.75 Å². The van der Waals surface area contributed by atoms with Crippen LogP contribution in [0.1, 0.15) is 16.8 Å². The third-order valence-electron chi connectivity index (χ3n) is 7.60. The second-order valence-electron chi connectivity index (χ2n) is 10.6. The molecule has 6 rings (SSSR count). The van der Waals surface area contributed by atoms with E-state index in [-0.39, 0.29) is 11.3 Å². The van der Waals surface area contributed by atoms with E-state index in [4.69, 9.17) is 9.84 Å². The molecule has 2 aromatic heterocycles. The molecule has 0 bridgehead atoms. The van der Waals surface area contributed by atoms with Gasteiger partial charge in [0.1, 0.15) is 29.7 Å². The van der Waals surface area contributed by atoms with Crippen LogP contribution in [0, 0.1) is 18.3 Å². The van der Waals surface area contributed by atoms with Crippen LogP contribution in [0.15, 0.2) is 132 Å². The summed E-state index contributed by atoms with van der Waals surface area (Å²) in [5.41, 5.74) is 4.51. The van der Waals surface area contributed by atoms with Gasteiger partial charge < -0.3 is 10.1 Å². The molecule has 0 saturated carbocycles. The van der Waals surface area contributed by atoms with E-state index in [1.165, 1.54) is 10.8 Å². The number of amides is 1. The van der Waals surface area contributed by atoms with Crippen LogP contribution in [-0.4, -0.2) is 25.1 Å². The van der Waals surface area contributed by atoms with Crippen molar-refractivity contribution in [3.8, 4) is 34.5 Å². The normalized spacial score (nSPS) is 11.2. The number of aromatic nitrogens is 4. The predicted octanol–water partition coefficient (Wildman–Crippen LogP) is 6.46. The number of hydrogen-bond acceptors (Lipinski definition) is 5. The van der Waals surface area contributed by atoms with Crippen molar-refractivity contribution in [2.75, 3.05) is 5.32 Å². The predicted molar refractivity (Wildman–Crippen MR) is 178 cm³/mol. The molecule has 1 amide bonds. The highest BCUT2D eigenvalue weighted by Crippen LogP contribution is 2.28. The number of nitrogens with one attached hydrogen (secondary N) is 1. The van der Waals surface area contributed by atoms with Crippen molar-refractivity contribution in [2.24, 2.45) is 7.05 Å². The van der Waals surface area contributed by atoms with Crippen molar-refractivity contribution in [1.82, 2.24) is 19.1 Å². The summed E-state index contributed by atoms with van der Waals surface area (Å²) in [4.78, 5) is 26.8. The lowest BCUT2D eigenvalue weighted by Gasteiger charge is -2.07. The van der Waals surface area contributed by atoms with Gasteiger partial charge in [-0.05, 0) is 67.1 Å². The van der Waals surface area contributed by atoms with E-state index < -0.39 is 11.5 Å². The second kappa shape index (κ2) is 13.1. The Morgan fingerprint density at radius 2 is 1.50 bits per heavy atom. The topological polar surface area (TPSA) is 107 Å². The summed E-state index contributed by atoms with van der Waals surface area (Å²) < 4.78 is 10.8. The van der Waals surface area contributed by atoms with E-state index in [0.717, 1.165) is 16.8 Å². The maximum absolute atomic E-state index is 13.5. The first-order valence-electron chi connectivity index (χ1n) is 14.6. The minimum atomic E-state index is -0.698. The highest BCUT2D eigenvalue weighted by Gasteiger charge is 2.21. The standard InChI is InChI=1S/C37H30N6O3/c1-26-34(37(45)43(41(26)2)32-16-10-5-11-17-32)39-36(44)29(23-38)22-30-24-42(31-14-8-4-9-15-31)40-35(30)28-18-20-33(21-19-28)46-25-27-12-6-3-7-13-27/h3-22,24H,25H2,1-2H3,(H,39,44)/b29-22-. The Labute approximate surface area is 265 Å². The molecule has 0 unspecified atom stereocenters. The summed E-state index contributed by atoms with van der Waals surface area (Å²) in [5.74, 6) is 0.000233. The van der Waals surface area contributed by atoms with Gasteiger partial charge in [-0.25, -0.2) is 9.36 Å². The van der Waals surface area contributed by atoms with Gasteiger partial charge in [0.05, 0.1) is 22.8 Å². The number of rotatable bonds is 9. The molecule has 0 fully saturated rings. The molecule has 1 N–H and O–H groups in total. The lowest BCUT2D eigenvalue weighted by atomic mass is 10.1. The number of carbonyl (C=O) groups is 1. The number of hydrogen-bond donors (Lipinski definition) is 1. The van der Waals surface area contributed by atoms with Crippen molar-refractivity contribution in [2.45, 2.75) is 13.5 Å². The second-order valence-corrected chi connectivity index (χ2v) is 10.6. The van der Waals surface area contributed by atoms with Gasteiger partial charge in [0, 0.05) is 24.4 Å². The Kier molecular flexibility index (Phi) is 8.43. The lowest BCUT2D eigenvalue weighted by Crippen LogP contribution is -2.23. The van der Waals surface area contributed by atoms with Crippen molar-refractivity contribution >= 4 is 17.7 Å². The molecule has 0 saturated heterocycles. The fourth-order valence-electron chi connectivity index (χ4n) is 5.08. The monoisotopic (exact) mass is 606 g/mol. The quantitative estimate of drug-likeness (QED) is 0.150. The first-order valence-corrected chi connectivity index (χ1v) is 14.6. The van der Waals surface area contributed by atoms with Crippen molar-refractivity contribution < 1.29 is 9.53 Å². The summed E-state index contributed by atoms with van der Waals surface area (Å²) in [6.07, 6.45) is 3.26. The molecule has 226 valence electrons. The molecule has 0 radical (unpaired) electrons. The molecule has 2 heterocycles.